The Hall–Kier alpha value is -1.58. The van der Waals surface area contributed by atoms with Crippen molar-refractivity contribution in [3.63, 3.8) is 0 Å². The van der Waals surface area contributed by atoms with E-state index in [0.717, 1.165) is 12.3 Å². The van der Waals surface area contributed by atoms with Crippen LogP contribution in [0, 0.1) is 6.92 Å². The Morgan fingerprint density at radius 2 is 1.86 bits per heavy atom. The lowest BCUT2D eigenvalue weighted by molar-refractivity contribution is 0.205. The van der Waals surface area contributed by atoms with Crippen LogP contribution in [-0.2, 0) is 0 Å². The summed E-state index contributed by atoms with van der Waals surface area (Å²) in [6.07, 6.45) is 4.37. The molecule has 0 spiro atoms. The molecule has 3 rings (SSSR count). The Kier molecular flexibility index (Phi) is 4.96. The number of rotatable bonds is 6. The van der Waals surface area contributed by atoms with Gasteiger partial charge in [0.15, 0.2) is 0 Å². The highest BCUT2D eigenvalue weighted by atomic mass is 16.3. The van der Waals surface area contributed by atoms with Gasteiger partial charge in [0.2, 0.25) is 0 Å². The molecule has 0 bridgehead atoms. The largest absolute Gasteiger partial charge is 0.468 e. The van der Waals surface area contributed by atoms with E-state index in [-0.39, 0.29) is 0 Å². The third-order valence-corrected chi connectivity index (χ3v) is 4.65. The predicted molar refractivity (Wildman–Crippen MR) is 89.9 cm³/mol. The van der Waals surface area contributed by atoms with Gasteiger partial charge in [-0.3, -0.25) is 4.90 Å². The molecule has 0 amide bonds. The SMILES string of the molecule is Cc1ccc(C(C)NCC(c2ccco2)N2CCCC2)cc1. The Balaban J connectivity index is 1.64. The van der Waals surface area contributed by atoms with Gasteiger partial charge in [-0.2, -0.15) is 0 Å². The summed E-state index contributed by atoms with van der Waals surface area (Å²) in [6, 6.07) is 13.6. The van der Waals surface area contributed by atoms with E-state index >= 15 is 0 Å². The first-order valence-electron chi connectivity index (χ1n) is 8.31. The minimum atomic E-state index is 0.338. The smallest absolute Gasteiger partial charge is 0.122 e. The molecule has 1 aliphatic heterocycles. The average molecular weight is 298 g/mol. The van der Waals surface area contributed by atoms with Crippen LogP contribution in [0.1, 0.15) is 48.7 Å². The van der Waals surface area contributed by atoms with E-state index in [9.17, 15) is 0 Å². The highest BCUT2D eigenvalue weighted by Crippen LogP contribution is 2.26. The fourth-order valence-corrected chi connectivity index (χ4v) is 3.21. The maximum absolute atomic E-state index is 5.68. The van der Waals surface area contributed by atoms with Gasteiger partial charge in [-0.25, -0.2) is 0 Å². The molecule has 1 aromatic heterocycles. The second-order valence-electron chi connectivity index (χ2n) is 6.31. The molecule has 0 saturated carbocycles. The number of furan rings is 1. The number of likely N-dealkylation sites (tertiary alicyclic amines) is 1. The van der Waals surface area contributed by atoms with E-state index < -0.39 is 0 Å². The number of hydrogen-bond donors (Lipinski definition) is 1. The summed E-state index contributed by atoms with van der Waals surface area (Å²) in [6.45, 7) is 7.62. The molecule has 2 unspecified atom stereocenters. The third-order valence-electron chi connectivity index (χ3n) is 4.65. The molecule has 1 aromatic carbocycles. The fraction of sp³-hybridized carbons (Fsp3) is 0.474. The number of nitrogens with one attached hydrogen (secondary N) is 1. The molecule has 22 heavy (non-hydrogen) atoms. The lowest BCUT2D eigenvalue weighted by atomic mass is 10.1. The maximum Gasteiger partial charge on any atom is 0.122 e. The summed E-state index contributed by atoms with van der Waals surface area (Å²) in [5, 5.41) is 3.68. The minimum Gasteiger partial charge on any atom is -0.468 e. The third kappa shape index (κ3) is 3.60. The lowest BCUT2D eigenvalue weighted by Gasteiger charge is -2.27. The van der Waals surface area contributed by atoms with Crippen molar-refractivity contribution in [2.75, 3.05) is 19.6 Å². The summed E-state index contributed by atoms with van der Waals surface area (Å²) < 4.78 is 5.68. The standard InChI is InChI=1S/C19H26N2O/c1-15-7-9-17(10-8-15)16(2)20-14-18(19-6-5-13-22-19)21-11-3-4-12-21/h5-10,13,16,18,20H,3-4,11-12,14H2,1-2H3. The zero-order valence-corrected chi connectivity index (χ0v) is 13.6. The van der Waals surface area contributed by atoms with Crippen molar-refractivity contribution < 1.29 is 4.42 Å². The van der Waals surface area contributed by atoms with E-state index in [1.54, 1.807) is 6.26 Å². The molecule has 0 radical (unpaired) electrons. The van der Waals surface area contributed by atoms with Gasteiger partial charge < -0.3 is 9.73 Å². The summed E-state index contributed by atoms with van der Waals surface area (Å²) in [4.78, 5) is 2.54. The summed E-state index contributed by atoms with van der Waals surface area (Å²) in [5.41, 5.74) is 2.65. The van der Waals surface area contributed by atoms with Gasteiger partial charge in [0.25, 0.3) is 0 Å². The Labute approximate surface area is 133 Å². The first-order chi connectivity index (χ1) is 10.7. The van der Waals surface area contributed by atoms with Crippen LogP contribution in [-0.4, -0.2) is 24.5 Å². The van der Waals surface area contributed by atoms with E-state index in [2.05, 4.69) is 54.4 Å². The number of nitrogens with zero attached hydrogens (tertiary/aromatic N) is 1. The fourth-order valence-electron chi connectivity index (χ4n) is 3.21. The normalized spacial score (nSPS) is 18.5. The Morgan fingerprint density at radius 1 is 1.14 bits per heavy atom. The monoisotopic (exact) mass is 298 g/mol. The van der Waals surface area contributed by atoms with Crippen molar-refractivity contribution in [1.29, 1.82) is 0 Å². The lowest BCUT2D eigenvalue weighted by Crippen LogP contribution is -2.35. The van der Waals surface area contributed by atoms with Crippen LogP contribution in [0.2, 0.25) is 0 Å². The van der Waals surface area contributed by atoms with Crippen LogP contribution in [0.15, 0.2) is 47.1 Å². The van der Waals surface area contributed by atoms with Gasteiger partial charge in [-0.1, -0.05) is 29.8 Å². The predicted octanol–water partition coefficient (Wildman–Crippen LogP) is 4.08. The van der Waals surface area contributed by atoms with Crippen LogP contribution in [0.25, 0.3) is 0 Å². The van der Waals surface area contributed by atoms with Gasteiger partial charge >= 0.3 is 0 Å². The molecule has 3 heteroatoms. The van der Waals surface area contributed by atoms with Gasteiger partial charge in [0.05, 0.1) is 12.3 Å². The second kappa shape index (κ2) is 7.12. The van der Waals surface area contributed by atoms with E-state index in [4.69, 9.17) is 4.42 Å². The molecule has 2 aromatic rings. The van der Waals surface area contributed by atoms with Gasteiger partial charge in [0.1, 0.15) is 5.76 Å². The molecule has 1 fully saturated rings. The summed E-state index contributed by atoms with van der Waals surface area (Å²) >= 11 is 0. The summed E-state index contributed by atoms with van der Waals surface area (Å²) in [5.74, 6) is 1.07. The van der Waals surface area contributed by atoms with Gasteiger partial charge in [-0.15, -0.1) is 0 Å². The van der Waals surface area contributed by atoms with Crippen molar-refractivity contribution in [1.82, 2.24) is 10.2 Å². The van der Waals surface area contributed by atoms with Crippen molar-refractivity contribution in [3.05, 3.63) is 59.5 Å². The van der Waals surface area contributed by atoms with Gasteiger partial charge in [0, 0.05) is 12.6 Å². The van der Waals surface area contributed by atoms with Gasteiger partial charge in [-0.05, 0) is 57.5 Å². The van der Waals surface area contributed by atoms with Crippen LogP contribution >= 0.6 is 0 Å². The molecule has 118 valence electrons. The first kappa shape index (κ1) is 15.3. The molecule has 2 heterocycles. The van der Waals surface area contributed by atoms with Crippen molar-refractivity contribution in [2.45, 2.75) is 38.8 Å². The molecule has 1 N–H and O–H groups in total. The molecule has 1 saturated heterocycles. The van der Waals surface area contributed by atoms with Crippen LogP contribution in [0.5, 0.6) is 0 Å². The molecular weight excluding hydrogens is 272 g/mol. The van der Waals surface area contributed by atoms with Crippen molar-refractivity contribution in [3.8, 4) is 0 Å². The van der Waals surface area contributed by atoms with Crippen molar-refractivity contribution in [2.24, 2.45) is 0 Å². The van der Waals surface area contributed by atoms with E-state index in [0.29, 0.717) is 12.1 Å². The topological polar surface area (TPSA) is 28.4 Å². The highest BCUT2D eigenvalue weighted by Gasteiger charge is 2.25. The van der Waals surface area contributed by atoms with Crippen LogP contribution < -0.4 is 5.32 Å². The Morgan fingerprint density at radius 3 is 2.50 bits per heavy atom. The highest BCUT2D eigenvalue weighted by molar-refractivity contribution is 5.23. The number of hydrogen-bond acceptors (Lipinski definition) is 3. The Bertz CT molecular complexity index is 556. The van der Waals surface area contributed by atoms with E-state index in [1.807, 2.05) is 6.07 Å². The molecule has 0 aliphatic carbocycles. The second-order valence-corrected chi connectivity index (χ2v) is 6.31. The maximum atomic E-state index is 5.68. The minimum absolute atomic E-state index is 0.338. The van der Waals surface area contributed by atoms with E-state index in [1.165, 1.54) is 37.1 Å². The quantitative estimate of drug-likeness (QED) is 0.871. The zero-order valence-electron chi connectivity index (χ0n) is 13.6. The van der Waals surface area contributed by atoms with Crippen molar-refractivity contribution >= 4 is 0 Å². The van der Waals surface area contributed by atoms with Crippen LogP contribution in [0.4, 0.5) is 0 Å². The average Bonchev–Trinajstić information content (AvgIpc) is 3.22. The summed E-state index contributed by atoms with van der Waals surface area (Å²) in [7, 11) is 0. The molecule has 3 nitrogen and oxygen atoms in total. The molecular formula is C19H26N2O. The number of aryl methyl sites for hydroxylation is 1. The zero-order chi connectivity index (χ0) is 15.4. The molecule has 1 aliphatic rings. The van der Waals surface area contributed by atoms with Crippen LogP contribution in [0.3, 0.4) is 0 Å². The molecule has 2 atom stereocenters. The number of benzene rings is 1. The first-order valence-corrected chi connectivity index (χ1v) is 8.31.